The quantitative estimate of drug-likeness (QED) is 0.564. The number of hydrogen-bond acceptors (Lipinski definition) is 5. The number of nitrogens with zero attached hydrogens (tertiary/aromatic N) is 2. The van der Waals surface area contributed by atoms with Crippen LogP contribution in [0.1, 0.15) is 34.5 Å². The van der Waals surface area contributed by atoms with Crippen molar-refractivity contribution in [2.75, 3.05) is 18.5 Å². The van der Waals surface area contributed by atoms with Gasteiger partial charge in [0.25, 0.3) is 5.91 Å². The maximum absolute atomic E-state index is 13.0. The normalized spacial score (nSPS) is 17.9. The molecule has 0 aliphatic carbocycles. The Bertz CT molecular complexity index is 1100. The molecule has 0 saturated carbocycles. The van der Waals surface area contributed by atoms with E-state index in [1.807, 2.05) is 24.3 Å². The van der Waals surface area contributed by atoms with Crippen LogP contribution in [-0.4, -0.2) is 45.8 Å². The number of aromatic nitrogens is 3. The number of aromatic amines is 1. The molecule has 8 nitrogen and oxygen atoms in total. The molecule has 2 aliphatic rings. The standard InChI is InChI=1S/C21H23N5O3S/c27-19(23-8-13-4-3-7-29-13)10-26-20(16-11-30-12-18(16)25-26)24-21(28)15-9-22-17-6-2-1-5-14(15)17/h1-2,5-6,9,13,22H,3-4,7-8,10-12H2,(H,23,27)(H,24,28)/t13-/m0/s1. The summed E-state index contributed by atoms with van der Waals surface area (Å²) in [5, 5.41) is 11.4. The Balaban J connectivity index is 1.34. The van der Waals surface area contributed by atoms with Crippen molar-refractivity contribution in [1.29, 1.82) is 0 Å². The van der Waals surface area contributed by atoms with Gasteiger partial charge in [0, 0.05) is 47.3 Å². The summed E-state index contributed by atoms with van der Waals surface area (Å²) >= 11 is 1.76. The van der Waals surface area contributed by atoms with Gasteiger partial charge >= 0.3 is 0 Å². The van der Waals surface area contributed by atoms with Crippen molar-refractivity contribution in [1.82, 2.24) is 20.1 Å². The van der Waals surface area contributed by atoms with Crippen LogP contribution in [0.15, 0.2) is 30.5 Å². The van der Waals surface area contributed by atoms with Gasteiger partial charge in [-0.15, -0.1) is 0 Å². The Kier molecular flexibility index (Phi) is 5.22. The number of thioether (sulfide) groups is 1. The third kappa shape index (κ3) is 3.70. The number of ether oxygens (including phenoxy) is 1. The number of hydrogen-bond donors (Lipinski definition) is 3. The van der Waals surface area contributed by atoms with Crippen molar-refractivity contribution in [3.63, 3.8) is 0 Å². The van der Waals surface area contributed by atoms with E-state index in [2.05, 4.69) is 20.7 Å². The fourth-order valence-electron chi connectivity index (χ4n) is 3.98. The minimum absolute atomic E-state index is 0.0634. The number of benzene rings is 1. The second kappa shape index (κ2) is 8.16. The summed E-state index contributed by atoms with van der Waals surface area (Å²) in [6.07, 6.45) is 3.81. The number of nitrogens with one attached hydrogen (secondary N) is 3. The van der Waals surface area contributed by atoms with Crippen molar-refractivity contribution < 1.29 is 14.3 Å². The highest BCUT2D eigenvalue weighted by atomic mass is 32.2. The Morgan fingerprint density at radius 2 is 2.20 bits per heavy atom. The molecule has 1 aromatic carbocycles. The number of para-hydroxylation sites is 1. The monoisotopic (exact) mass is 425 g/mol. The summed E-state index contributed by atoms with van der Waals surface area (Å²) in [7, 11) is 0. The summed E-state index contributed by atoms with van der Waals surface area (Å²) in [5.41, 5.74) is 3.41. The lowest BCUT2D eigenvalue weighted by Crippen LogP contribution is -2.34. The Labute approximate surface area is 177 Å². The molecule has 156 valence electrons. The molecule has 1 fully saturated rings. The van der Waals surface area contributed by atoms with Gasteiger partial charge in [0.05, 0.1) is 17.4 Å². The number of carbonyl (C=O) groups is 2. The first-order chi connectivity index (χ1) is 14.7. The van der Waals surface area contributed by atoms with Crippen molar-refractivity contribution in [3.8, 4) is 0 Å². The molecule has 2 aliphatic heterocycles. The first-order valence-corrected chi connectivity index (χ1v) is 11.3. The van der Waals surface area contributed by atoms with Crippen LogP contribution in [0, 0.1) is 0 Å². The van der Waals surface area contributed by atoms with Crippen molar-refractivity contribution in [2.45, 2.75) is 37.0 Å². The van der Waals surface area contributed by atoms with Gasteiger partial charge in [-0.1, -0.05) is 18.2 Å². The summed E-state index contributed by atoms with van der Waals surface area (Å²) in [5.74, 6) is 1.82. The average Bonchev–Trinajstić information content (AvgIpc) is 3.52. The van der Waals surface area contributed by atoms with Crippen molar-refractivity contribution in [3.05, 3.63) is 47.3 Å². The molecule has 5 rings (SSSR count). The predicted octanol–water partition coefficient (Wildman–Crippen LogP) is 2.66. The highest BCUT2D eigenvalue weighted by Crippen LogP contribution is 2.35. The van der Waals surface area contributed by atoms with Crippen molar-refractivity contribution in [2.24, 2.45) is 0 Å². The Hall–Kier alpha value is -2.78. The van der Waals surface area contributed by atoms with E-state index < -0.39 is 0 Å². The van der Waals surface area contributed by atoms with E-state index >= 15 is 0 Å². The van der Waals surface area contributed by atoms with Gasteiger partial charge in [-0.3, -0.25) is 9.59 Å². The van der Waals surface area contributed by atoms with E-state index in [0.717, 1.165) is 53.1 Å². The number of carbonyl (C=O) groups excluding carboxylic acids is 2. The van der Waals surface area contributed by atoms with Crippen LogP contribution >= 0.6 is 11.8 Å². The van der Waals surface area contributed by atoms with Gasteiger partial charge in [0.2, 0.25) is 5.91 Å². The molecular formula is C21H23N5O3S. The van der Waals surface area contributed by atoms with E-state index in [4.69, 9.17) is 4.74 Å². The van der Waals surface area contributed by atoms with E-state index in [9.17, 15) is 9.59 Å². The first kappa shape index (κ1) is 19.2. The van der Waals surface area contributed by atoms with Gasteiger partial charge in [-0.05, 0) is 18.9 Å². The predicted molar refractivity (Wildman–Crippen MR) is 115 cm³/mol. The fraction of sp³-hybridized carbons (Fsp3) is 0.381. The summed E-state index contributed by atoms with van der Waals surface area (Å²) in [6.45, 7) is 1.33. The first-order valence-electron chi connectivity index (χ1n) is 10.1. The zero-order chi connectivity index (χ0) is 20.5. The lowest BCUT2D eigenvalue weighted by atomic mass is 10.1. The lowest BCUT2D eigenvalue weighted by Gasteiger charge is -2.13. The van der Waals surface area contributed by atoms with E-state index in [1.54, 1.807) is 22.6 Å². The molecule has 9 heteroatoms. The zero-order valence-corrected chi connectivity index (χ0v) is 17.3. The molecule has 3 N–H and O–H groups in total. The summed E-state index contributed by atoms with van der Waals surface area (Å²) in [4.78, 5) is 28.6. The summed E-state index contributed by atoms with van der Waals surface area (Å²) in [6, 6.07) is 7.68. The molecule has 0 unspecified atom stereocenters. The van der Waals surface area contributed by atoms with Gasteiger partial charge in [-0.2, -0.15) is 16.9 Å². The van der Waals surface area contributed by atoms with Gasteiger partial charge in [0.1, 0.15) is 12.4 Å². The molecule has 3 aromatic rings. The molecule has 2 aromatic heterocycles. The maximum Gasteiger partial charge on any atom is 0.258 e. The average molecular weight is 426 g/mol. The van der Waals surface area contributed by atoms with Gasteiger partial charge in [0.15, 0.2) is 0 Å². The molecule has 2 amide bonds. The molecule has 0 radical (unpaired) electrons. The highest BCUT2D eigenvalue weighted by Gasteiger charge is 2.26. The lowest BCUT2D eigenvalue weighted by molar-refractivity contribution is -0.122. The molecule has 30 heavy (non-hydrogen) atoms. The van der Waals surface area contributed by atoms with Crippen LogP contribution in [0.3, 0.4) is 0 Å². The molecule has 0 spiro atoms. The number of H-pyrrole nitrogens is 1. The van der Waals surface area contributed by atoms with Crippen molar-refractivity contribution >= 4 is 40.3 Å². The molecule has 0 bridgehead atoms. The minimum atomic E-state index is -0.215. The Morgan fingerprint density at radius 1 is 1.30 bits per heavy atom. The van der Waals surface area contributed by atoms with Crippen LogP contribution in [0.4, 0.5) is 5.82 Å². The van der Waals surface area contributed by atoms with Crippen LogP contribution in [0.2, 0.25) is 0 Å². The minimum Gasteiger partial charge on any atom is -0.376 e. The zero-order valence-electron chi connectivity index (χ0n) is 16.4. The number of fused-ring (bicyclic) bond motifs is 2. The number of anilines is 1. The van der Waals surface area contributed by atoms with E-state index in [-0.39, 0.29) is 24.5 Å². The van der Waals surface area contributed by atoms with E-state index in [1.165, 1.54) is 0 Å². The van der Waals surface area contributed by atoms with Crippen LogP contribution < -0.4 is 10.6 Å². The van der Waals surface area contributed by atoms with Gasteiger partial charge < -0.3 is 20.4 Å². The van der Waals surface area contributed by atoms with E-state index in [0.29, 0.717) is 17.9 Å². The maximum atomic E-state index is 13.0. The number of rotatable bonds is 6. The molecule has 1 saturated heterocycles. The molecule has 4 heterocycles. The van der Waals surface area contributed by atoms with Gasteiger partial charge in [-0.25, -0.2) is 4.68 Å². The van der Waals surface area contributed by atoms with Crippen LogP contribution in [-0.2, 0) is 27.6 Å². The van der Waals surface area contributed by atoms with Crippen LogP contribution in [0.25, 0.3) is 10.9 Å². The number of amides is 2. The smallest absolute Gasteiger partial charge is 0.258 e. The third-order valence-corrected chi connectivity index (χ3v) is 6.50. The second-order valence-electron chi connectivity index (χ2n) is 7.57. The SMILES string of the molecule is O=C(Cn1nc2c(c1NC(=O)c1c[nH]c3ccccc13)CSC2)NC[C@@H]1CCCO1. The summed E-state index contributed by atoms with van der Waals surface area (Å²) < 4.78 is 7.17. The Morgan fingerprint density at radius 3 is 3.07 bits per heavy atom. The molecular weight excluding hydrogens is 402 g/mol. The largest absolute Gasteiger partial charge is 0.376 e. The second-order valence-corrected chi connectivity index (χ2v) is 8.55. The highest BCUT2D eigenvalue weighted by molar-refractivity contribution is 7.98. The fourth-order valence-corrected chi connectivity index (χ4v) is 5.01. The molecule has 1 atom stereocenters. The topological polar surface area (TPSA) is 101 Å². The van der Waals surface area contributed by atoms with Crippen LogP contribution in [0.5, 0.6) is 0 Å². The third-order valence-electron chi connectivity index (χ3n) is 5.53.